The number of halogens is 2. The molecule has 38 heavy (non-hydrogen) atoms. The van der Waals surface area contributed by atoms with Crippen LogP contribution in [0.15, 0.2) is 79.1 Å². The van der Waals surface area contributed by atoms with Crippen LogP contribution in [-0.4, -0.2) is 65.1 Å². The summed E-state index contributed by atoms with van der Waals surface area (Å²) in [6, 6.07) is 19.8. The Bertz CT molecular complexity index is 1380. The van der Waals surface area contributed by atoms with Gasteiger partial charge in [0.1, 0.15) is 16.5 Å². The molecule has 2 amide bonds. The van der Waals surface area contributed by atoms with Crippen LogP contribution in [0.2, 0.25) is 5.02 Å². The van der Waals surface area contributed by atoms with Crippen molar-refractivity contribution in [1.82, 2.24) is 25.0 Å². The number of hydrogen-bond donors (Lipinski definition) is 2. The van der Waals surface area contributed by atoms with E-state index in [0.29, 0.717) is 42.8 Å². The number of pyridine rings is 1. The van der Waals surface area contributed by atoms with E-state index in [-0.39, 0.29) is 12.0 Å². The molecule has 2 aromatic carbocycles. The predicted molar refractivity (Wildman–Crippen MR) is 145 cm³/mol. The Balaban J connectivity index is 1.41. The molecule has 0 spiro atoms. The molecular weight excluding hydrogens is 507 g/mol. The maximum Gasteiger partial charge on any atom is 0.320 e. The zero-order valence-electron chi connectivity index (χ0n) is 20.8. The zero-order valence-corrected chi connectivity index (χ0v) is 21.6. The molecule has 0 radical (unpaired) electrons. The normalized spacial score (nSPS) is 17.4. The van der Waals surface area contributed by atoms with Crippen molar-refractivity contribution in [2.45, 2.75) is 12.0 Å². The van der Waals surface area contributed by atoms with E-state index in [0.717, 1.165) is 16.8 Å². The zero-order chi connectivity index (χ0) is 26.5. The van der Waals surface area contributed by atoms with Crippen molar-refractivity contribution in [2.24, 2.45) is 0 Å². The number of amides is 2. The van der Waals surface area contributed by atoms with Crippen molar-refractivity contribution in [3.05, 3.63) is 95.5 Å². The highest BCUT2D eigenvalue weighted by molar-refractivity contribution is 6.36. The number of nitrogens with one attached hydrogen (secondary N) is 2. The molecule has 1 fully saturated rings. The molecular formula is C28H28ClFN6O2. The minimum absolute atomic E-state index is 0.143. The van der Waals surface area contributed by atoms with Crippen LogP contribution in [0.25, 0.3) is 16.9 Å². The highest BCUT2D eigenvalue weighted by atomic mass is 35.5. The number of carbonyl (C=O) groups excluding carboxylic acids is 1. The maximum absolute atomic E-state index is 14.0. The standard InChI is InChI=1S/C28H28ClFN6O2/c1-38-13-12-35-17-23(20-14-21(30)16-31-15-20)24(18-35)32-28(37)33-27-25(29)26(19-8-4-2-5-9-19)34-36(27)22-10-6-3-7-11-22/h2-11,14-16,23-24H,12-13,17-18H2,1H3,(H2,32,33,37)/t23?,24-/m1/s1. The van der Waals surface area contributed by atoms with E-state index in [2.05, 4.69) is 20.5 Å². The first-order valence-electron chi connectivity index (χ1n) is 12.3. The number of para-hydroxylation sites is 1. The fraction of sp³-hybridized carbons (Fsp3) is 0.250. The van der Waals surface area contributed by atoms with Crippen molar-refractivity contribution in [1.29, 1.82) is 0 Å². The molecule has 5 rings (SSSR count). The van der Waals surface area contributed by atoms with Gasteiger partial charge in [-0.15, -0.1) is 0 Å². The topological polar surface area (TPSA) is 84.3 Å². The van der Waals surface area contributed by atoms with Crippen LogP contribution in [-0.2, 0) is 4.74 Å². The molecule has 2 N–H and O–H groups in total. The molecule has 1 saturated heterocycles. The lowest BCUT2D eigenvalue weighted by Crippen LogP contribution is -2.42. The first-order valence-corrected chi connectivity index (χ1v) is 12.7. The summed E-state index contributed by atoms with van der Waals surface area (Å²) in [4.78, 5) is 19.5. The first-order chi connectivity index (χ1) is 18.5. The summed E-state index contributed by atoms with van der Waals surface area (Å²) in [5, 5.41) is 11.0. The van der Waals surface area contributed by atoms with Gasteiger partial charge in [0.15, 0.2) is 5.82 Å². The Hall–Kier alpha value is -3.79. The number of anilines is 1. The van der Waals surface area contributed by atoms with Gasteiger partial charge < -0.3 is 10.1 Å². The van der Waals surface area contributed by atoms with Crippen molar-refractivity contribution >= 4 is 23.4 Å². The number of ether oxygens (including phenoxy) is 1. The van der Waals surface area contributed by atoms with Gasteiger partial charge in [0, 0.05) is 44.4 Å². The van der Waals surface area contributed by atoms with Gasteiger partial charge in [0.25, 0.3) is 0 Å². The highest BCUT2D eigenvalue weighted by Gasteiger charge is 2.35. The Morgan fingerprint density at radius 2 is 1.84 bits per heavy atom. The van der Waals surface area contributed by atoms with E-state index >= 15 is 0 Å². The Morgan fingerprint density at radius 3 is 2.55 bits per heavy atom. The summed E-state index contributed by atoms with van der Waals surface area (Å²) in [6.07, 6.45) is 2.82. The van der Waals surface area contributed by atoms with Crippen molar-refractivity contribution in [3.8, 4) is 16.9 Å². The molecule has 1 aliphatic rings. The summed E-state index contributed by atoms with van der Waals surface area (Å²) in [6.45, 7) is 2.48. The fourth-order valence-corrected chi connectivity index (χ4v) is 5.03. The number of carbonyl (C=O) groups is 1. The van der Waals surface area contributed by atoms with Gasteiger partial charge in [-0.2, -0.15) is 5.10 Å². The number of hydrogen-bond acceptors (Lipinski definition) is 5. The van der Waals surface area contributed by atoms with E-state index in [1.807, 2.05) is 60.7 Å². The number of benzene rings is 2. The molecule has 2 aromatic heterocycles. The minimum atomic E-state index is -0.434. The maximum atomic E-state index is 14.0. The van der Waals surface area contributed by atoms with E-state index < -0.39 is 11.8 Å². The largest absolute Gasteiger partial charge is 0.383 e. The number of nitrogens with zero attached hydrogens (tertiary/aromatic N) is 4. The van der Waals surface area contributed by atoms with Crippen LogP contribution in [0.5, 0.6) is 0 Å². The highest BCUT2D eigenvalue weighted by Crippen LogP contribution is 2.35. The van der Waals surface area contributed by atoms with Crippen molar-refractivity contribution in [2.75, 3.05) is 38.7 Å². The summed E-state index contributed by atoms with van der Waals surface area (Å²) >= 11 is 6.80. The molecule has 4 aromatic rings. The molecule has 196 valence electrons. The second kappa shape index (κ2) is 11.7. The Kier molecular flexibility index (Phi) is 7.97. The molecule has 0 saturated carbocycles. The van der Waals surface area contributed by atoms with Gasteiger partial charge in [-0.3, -0.25) is 15.2 Å². The summed E-state index contributed by atoms with van der Waals surface area (Å²) < 4.78 is 20.8. The summed E-state index contributed by atoms with van der Waals surface area (Å²) in [5.74, 6) is -0.198. The van der Waals surface area contributed by atoms with Gasteiger partial charge >= 0.3 is 6.03 Å². The molecule has 10 heteroatoms. The molecule has 0 aliphatic carbocycles. The average molecular weight is 535 g/mol. The Morgan fingerprint density at radius 1 is 1.11 bits per heavy atom. The quantitative estimate of drug-likeness (QED) is 0.334. The molecule has 1 unspecified atom stereocenters. The minimum Gasteiger partial charge on any atom is -0.383 e. The SMILES string of the molecule is COCCN1CC(c2cncc(F)c2)[C@H](NC(=O)Nc2c(Cl)c(-c3ccccc3)nn2-c2ccccc2)C1. The number of aromatic nitrogens is 3. The van der Waals surface area contributed by atoms with Gasteiger partial charge in [0.2, 0.25) is 0 Å². The molecule has 3 heterocycles. The van der Waals surface area contributed by atoms with Crippen molar-refractivity contribution in [3.63, 3.8) is 0 Å². The molecule has 0 bridgehead atoms. The van der Waals surface area contributed by atoms with Gasteiger partial charge in [-0.05, 0) is 23.8 Å². The van der Waals surface area contributed by atoms with E-state index in [4.69, 9.17) is 21.4 Å². The lowest BCUT2D eigenvalue weighted by Gasteiger charge is -2.20. The second-order valence-electron chi connectivity index (χ2n) is 9.12. The van der Waals surface area contributed by atoms with Crippen LogP contribution < -0.4 is 10.6 Å². The number of likely N-dealkylation sites (tertiary alicyclic amines) is 1. The van der Waals surface area contributed by atoms with E-state index in [1.165, 1.54) is 12.3 Å². The van der Waals surface area contributed by atoms with Crippen molar-refractivity contribution < 1.29 is 13.9 Å². The number of methoxy groups -OCH3 is 1. The number of urea groups is 1. The second-order valence-corrected chi connectivity index (χ2v) is 9.50. The van der Waals surface area contributed by atoms with Crippen LogP contribution in [0.3, 0.4) is 0 Å². The van der Waals surface area contributed by atoms with Gasteiger partial charge in [-0.25, -0.2) is 13.9 Å². The van der Waals surface area contributed by atoms with Gasteiger partial charge in [-0.1, -0.05) is 60.1 Å². The predicted octanol–water partition coefficient (Wildman–Crippen LogP) is 4.96. The lowest BCUT2D eigenvalue weighted by molar-refractivity contribution is 0.159. The third-order valence-corrected chi connectivity index (χ3v) is 6.94. The first kappa shape index (κ1) is 25.8. The van der Waals surface area contributed by atoms with Crippen LogP contribution in [0.4, 0.5) is 15.0 Å². The summed E-state index contributed by atoms with van der Waals surface area (Å²) in [7, 11) is 1.65. The summed E-state index contributed by atoms with van der Waals surface area (Å²) in [5.41, 5.74) is 2.87. The third kappa shape index (κ3) is 5.70. The molecule has 1 aliphatic heterocycles. The Labute approximate surface area is 225 Å². The van der Waals surface area contributed by atoms with Crippen LogP contribution in [0.1, 0.15) is 11.5 Å². The van der Waals surface area contributed by atoms with E-state index in [1.54, 1.807) is 18.0 Å². The van der Waals surface area contributed by atoms with E-state index in [9.17, 15) is 9.18 Å². The van der Waals surface area contributed by atoms with Crippen LogP contribution >= 0.6 is 11.6 Å². The van der Waals surface area contributed by atoms with Gasteiger partial charge in [0.05, 0.1) is 24.5 Å². The lowest BCUT2D eigenvalue weighted by atomic mass is 9.96. The molecule has 8 nitrogen and oxygen atoms in total. The smallest absolute Gasteiger partial charge is 0.320 e. The molecule has 2 atom stereocenters. The van der Waals surface area contributed by atoms with Crippen LogP contribution in [0, 0.1) is 5.82 Å². The monoisotopic (exact) mass is 534 g/mol. The third-order valence-electron chi connectivity index (χ3n) is 6.59. The number of rotatable bonds is 8. The average Bonchev–Trinajstić information content (AvgIpc) is 3.49. The fourth-order valence-electron chi connectivity index (χ4n) is 4.76.